The van der Waals surface area contributed by atoms with Crippen molar-refractivity contribution >= 4 is 28.5 Å². The molecule has 0 amide bonds. The summed E-state index contributed by atoms with van der Waals surface area (Å²) >= 11 is 0. The molecule has 2 aromatic heterocycles. The molecule has 3 heterocycles. The topological polar surface area (TPSA) is 88.0 Å². The molecule has 0 saturated carbocycles. The number of piperidine rings is 1. The summed E-state index contributed by atoms with van der Waals surface area (Å²) in [6.45, 7) is 6.13. The van der Waals surface area contributed by atoms with Gasteiger partial charge in [0.05, 0.1) is 16.9 Å². The summed E-state index contributed by atoms with van der Waals surface area (Å²) in [6.07, 6.45) is 10.1. The normalized spacial score (nSPS) is 19.5. The molecule has 1 saturated heterocycles. The van der Waals surface area contributed by atoms with Crippen LogP contribution in [-0.4, -0.2) is 52.2 Å². The maximum Gasteiger partial charge on any atom is 0.183 e. The number of fused-ring (bicyclic) bond motifs is 1. The van der Waals surface area contributed by atoms with Crippen molar-refractivity contribution < 1.29 is 4.79 Å². The van der Waals surface area contributed by atoms with Crippen LogP contribution in [0.25, 0.3) is 5.52 Å². The number of hydrogen-bond acceptors (Lipinski definition) is 6. The third-order valence-corrected chi connectivity index (χ3v) is 5.46. The van der Waals surface area contributed by atoms with E-state index in [2.05, 4.69) is 15.3 Å². The number of carbonyl (C=O) groups is 1. The van der Waals surface area contributed by atoms with Crippen LogP contribution in [0.2, 0.25) is 0 Å². The first kappa shape index (κ1) is 19.4. The van der Waals surface area contributed by atoms with Gasteiger partial charge < -0.3 is 16.0 Å². The minimum atomic E-state index is -0.0719. The summed E-state index contributed by atoms with van der Waals surface area (Å²) in [7, 11) is 0. The average Bonchev–Trinajstić information content (AvgIpc) is 3.07. The SMILES string of the molecule is CC1=CC(=Nc2c(NCCCN3CCCCC3)nn3ccccc23)C(N)=CC1=O. The molecular formula is C22H28N6O. The van der Waals surface area contributed by atoms with Gasteiger partial charge >= 0.3 is 0 Å². The Hall–Kier alpha value is -2.93. The third kappa shape index (κ3) is 4.40. The van der Waals surface area contributed by atoms with E-state index < -0.39 is 0 Å². The summed E-state index contributed by atoms with van der Waals surface area (Å²) in [5.41, 5.74) is 9.31. The van der Waals surface area contributed by atoms with Crippen molar-refractivity contribution in [3.8, 4) is 0 Å². The highest BCUT2D eigenvalue weighted by Crippen LogP contribution is 2.31. The van der Waals surface area contributed by atoms with Gasteiger partial charge in [-0.15, -0.1) is 5.10 Å². The maximum atomic E-state index is 11.8. The van der Waals surface area contributed by atoms with E-state index in [0.29, 0.717) is 17.0 Å². The van der Waals surface area contributed by atoms with Gasteiger partial charge in [-0.1, -0.05) is 12.5 Å². The van der Waals surface area contributed by atoms with Crippen LogP contribution >= 0.6 is 0 Å². The van der Waals surface area contributed by atoms with E-state index in [1.165, 1.54) is 38.4 Å². The van der Waals surface area contributed by atoms with Crippen LogP contribution in [0, 0.1) is 0 Å². The number of allylic oxidation sites excluding steroid dienone is 3. The Morgan fingerprint density at radius 3 is 2.86 bits per heavy atom. The van der Waals surface area contributed by atoms with Crippen LogP contribution in [0.1, 0.15) is 32.6 Å². The second-order valence-corrected chi connectivity index (χ2v) is 7.70. The van der Waals surface area contributed by atoms with E-state index in [1.54, 1.807) is 13.0 Å². The molecule has 29 heavy (non-hydrogen) atoms. The third-order valence-electron chi connectivity index (χ3n) is 5.46. The molecule has 0 aromatic carbocycles. The van der Waals surface area contributed by atoms with Gasteiger partial charge in [0.15, 0.2) is 11.6 Å². The van der Waals surface area contributed by atoms with Crippen LogP contribution in [0.4, 0.5) is 11.5 Å². The summed E-state index contributed by atoms with van der Waals surface area (Å²) in [5, 5.41) is 8.11. The van der Waals surface area contributed by atoms with Crippen LogP contribution in [0.15, 0.2) is 52.8 Å². The van der Waals surface area contributed by atoms with Crippen LogP contribution in [0.3, 0.4) is 0 Å². The molecule has 1 aliphatic carbocycles. The van der Waals surface area contributed by atoms with Crippen molar-refractivity contribution in [2.45, 2.75) is 32.6 Å². The number of likely N-dealkylation sites (tertiary alicyclic amines) is 1. The Morgan fingerprint density at radius 2 is 2.03 bits per heavy atom. The number of anilines is 1. The summed E-state index contributed by atoms with van der Waals surface area (Å²) in [4.78, 5) is 19.1. The zero-order chi connectivity index (χ0) is 20.2. The Morgan fingerprint density at radius 1 is 1.21 bits per heavy atom. The van der Waals surface area contributed by atoms with Gasteiger partial charge in [-0.3, -0.25) is 4.79 Å². The zero-order valence-electron chi connectivity index (χ0n) is 16.9. The molecule has 0 bridgehead atoms. The van der Waals surface area contributed by atoms with Crippen LogP contribution < -0.4 is 11.1 Å². The zero-order valence-corrected chi connectivity index (χ0v) is 16.9. The first-order valence-electron chi connectivity index (χ1n) is 10.3. The molecule has 7 heteroatoms. The highest BCUT2D eigenvalue weighted by Gasteiger charge is 2.17. The average molecular weight is 393 g/mol. The van der Waals surface area contributed by atoms with Crippen LogP contribution in [-0.2, 0) is 4.79 Å². The van der Waals surface area contributed by atoms with E-state index in [-0.39, 0.29) is 5.78 Å². The number of aromatic nitrogens is 2. The Bertz CT molecular complexity index is 994. The number of aliphatic imine (C=N–C) groups is 1. The number of hydrogen-bond donors (Lipinski definition) is 2. The molecule has 3 N–H and O–H groups in total. The summed E-state index contributed by atoms with van der Waals surface area (Å²) in [5.74, 6) is 0.662. The number of ketones is 1. The minimum Gasteiger partial charge on any atom is -0.397 e. The molecule has 4 rings (SSSR count). The quantitative estimate of drug-likeness (QED) is 0.583. The highest BCUT2D eigenvalue weighted by molar-refractivity contribution is 6.22. The molecule has 0 atom stereocenters. The van der Waals surface area contributed by atoms with Gasteiger partial charge in [-0.25, -0.2) is 9.51 Å². The number of carbonyl (C=O) groups excluding carboxylic acids is 1. The lowest BCUT2D eigenvalue weighted by molar-refractivity contribution is -0.111. The fraction of sp³-hybridized carbons (Fsp3) is 0.409. The first-order chi connectivity index (χ1) is 14.1. The second kappa shape index (κ2) is 8.61. The van der Waals surface area contributed by atoms with Gasteiger partial charge in [-0.05, 0) is 69.6 Å². The molecule has 2 aromatic rings. The predicted octanol–water partition coefficient (Wildman–Crippen LogP) is 3.07. The van der Waals surface area contributed by atoms with Crippen LogP contribution in [0.5, 0.6) is 0 Å². The molecule has 0 radical (unpaired) electrons. The van der Waals surface area contributed by atoms with Crippen molar-refractivity contribution in [2.75, 3.05) is 31.5 Å². The molecule has 2 aliphatic rings. The number of nitrogens with zero attached hydrogens (tertiary/aromatic N) is 4. The number of rotatable bonds is 6. The fourth-order valence-corrected chi connectivity index (χ4v) is 3.81. The van der Waals surface area contributed by atoms with E-state index in [0.717, 1.165) is 36.5 Å². The summed E-state index contributed by atoms with van der Waals surface area (Å²) < 4.78 is 1.82. The minimum absolute atomic E-state index is 0.0719. The van der Waals surface area contributed by atoms with E-state index in [4.69, 9.17) is 10.7 Å². The predicted molar refractivity (Wildman–Crippen MR) is 117 cm³/mol. The standard InChI is InChI=1S/C22H28N6O/c1-16-14-18(17(23)15-20(16)29)25-21-19-8-3-6-13-28(19)26-22(21)24-9-7-12-27-10-4-2-5-11-27/h3,6,8,13-15H,2,4-5,7,9-12,23H2,1H3,(H,24,26). The fourth-order valence-electron chi connectivity index (χ4n) is 3.81. The Kier molecular flexibility index (Phi) is 5.76. The van der Waals surface area contributed by atoms with Gasteiger partial charge in [0.1, 0.15) is 5.69 Å². The smallest absolute Gasteiger partial charge is 0.183 e. The van der Waals surface area contributed by atoms with Crippen molar-refractivity contribution in [3.63, 3.8) is 0 Å². The largest absolute Gasteiger partial charge is 0.397 e. The lowest BCUT2D eigenvalue weighted by Gasteiger charge is -2.26. The molecule has 0 unspecified atom stereocenters. The van der Waals surface area contributed by atoms with Crippen molar-refractivity contribution in [3.05, 3.63) is 47.8 Å². The van der Waals surface area contributed by atoms with Gasteiger partial charge in [0, 0.05) is 18.8 Å². The van der Waals surface area contributed by atoms with E-state index in [9.17, 15) is 4.79 Å². The Labute approximate surface area is 171 Å². The first-order valence-corrected chi connectivity index (χ1v) is 10.3. The monoisotopic (exact) mass is 392 g/mol. The van der Waals surface area contributed by atoms with Crippen molar-refractivity contribution in [1.82, 2.24) is 14.5 Å². The second-order valence-electron chi connectivity index (χ2n) is 7.70. The van der Waals surface area contributed by atoms with Crippen molar-refractivity contribution in [2.24, 2.45) is 10.7 Å². The van der Waals surface area contributed by atoms with Crippen molar-refractivity contribution in [1.29, 1.82) is 0 Å². The highest BCUT2D eigenvalue weighted by atomic mass is 16.1. The Balaban J connectivity index is 1.54. The molecule has 1 aliphatic heterocycles. The number of pyridine rings is 1. The molecule has 0 spiro atoms. The molecule has 7 nitrogen and oxygen atoms in total. The molecule has 152 valence electrons. The maximum absolute atomic E-state index is 11.8. The number of nitrogens with one attached hydrogen (secondary N) is 1. The molecule has 1 fully saturated rings. The van der Waals surface area contributed by atoms with Gasteiger partial charge in [0.25, 0.3) is 0 Å². The van der Waals surface area contributed by atoms with E-state index >= 15 is 0 Å². The number of nitrogens with two attached hydrogens (primary N) is 1. The lowest BCUT2D eigenvalue weighted by Crippen LogP contribution is -2.31. The molecular weight excluding hydrogens is 364 g/mol. The van der Waals surface area contributed by atoms with Gasteiger partial charge in [0.2, 0.25) is 0 Å². The van der Waals surface area contributed by atoms with E-state index in [1.807, 2.05) is 28.9 Å². The summed E-state index contributed by atoms with van der Waals surface area (Å²) in [6, 6.07) is 5.88. The van der Waals surface area contributed by atoms with Gasteiger partial charge in [-0.2, -0.15) is 0 Å². The lowest BCUT2D eigenvalue weighted by atomic mass is 10.0.